The molecule has 2 unspecified atom stereocenters. The molecule has 4 nitrogen and oxygen atoms in total. The molecule has 3 N–H and O–H groups in total. The quantitative estimate of drug-likeness (QED) is 0.649. The van der Waals surface area contributed by atoms with E-state index < -0.39 is 0 Å². The van der Waals surface area contributed by atoms with Crippen molar-refractivity contribution in [1.82, 2.24) is 10.2 Å². The van der Waals surface area contributed by atoms with Gasteiger partial charge in [-0.15, -0.1) is 0 Å². The molecule has 1 fully saturated rings. The minimum absolute atomic E-state index is 0.422. The van der Waals surface area contributed by atoms with Crippen LogP contribution in [0.1, 0.15) is 12.8 Å². The van der Waals surface area contributed by atoms with Crippen LogP contribution in [0.5, 0.6) is 0 Å². The second kappa shape index (κ2) is 7.17. The average molecular weight is 215 g/mol. The molecule has 0 radical (unpaired) electrons. The smallest absolute Gasteiger partial charge is 0.0509 e. The SMILES string of the molecule is CN(C)CCNC(CN)C1CCCOC1. The monoisotopic (exact) mass is 215 g/mol. The van der Waals surface area contributed by atoms with Crippen molar-refractivity contribution in [2.75, 3.05) is 46.9 Å². The Hall–Kier alpha value is -0.160. The number of nitrogens with zero attached hydrogens (tertiary/aromatic N) is 1. The number of ether oxygens (including phenoxy) is 1. The Morgan fingerprint density at radius 1 is 1.53 bits per heavy atom. The van der Waals surface area contributed by atoms with Gasteiger partial charge < -0.3 is 20.7 Å². The molecule has 1 heterocycles. The highest BCUT2D eigenvalue weighted by Crippen LogP contribution is 2.16. The van der Waals surface area contributed by atoms with E-state index in [2.05, 4.69) is 24.3 Å². The van der Waals surface area contributed by atoms with Crippen molar-refractivity contribution in [2.24, 2.45) is 11.7 Å². The summed E-state index contributed by atoms with van der Waals surface area (Å²) in [6.45, 7) is 4.57. The van der Waals surface area contributed by atoms with Gasteiger partial charge in [0.05, 0.1) is 6.61 Å². The van der Waals surface area contributed by atoms with E-state index in [1.165, 1.54) is 12.8 Å². The van der Waals surface area contributed by atoms with Gasteiger partial charge >= 0.3 is 0 Å². The number of likely N-dealkylation sites (N-methyl/N-ethyl adjacent to an activating group) is 1. The summed E-state index contributed by atoms with van der Waals surface area (Å²) < 4.78 is 5.49. The van der Waals surface area contributed by atoms with Crippen molar-refractivity contribution in [3.8, 4) is 0 Å². The lowest BCUT2D eigenvalue weighted by molar-refractivity contribution is 0.0404. The first-order chi connectivity index (χ1) is 7.24. The summed E-state index contributed by atoms with van der Waals surface area (Å²) in [5.74, 6) is 0.603. The predicted molar refractivity (Wildman–Crippen MR) is 62.9 cm³/mol. The van der Waals surface area contributed by atoms with Gasteiger partial charge in [0.25, 0.3) is 0 Å². The van der Waals surface area contributed by atoms with Crippen molar-refractivity contribution < 1.29 is 4.74 Å². The molecule has 0 amide bonds. The van der Waals surface area contributed by atoms with Crippen LogP contribution in [0.3, 0.4) is 0 Å². The van der Waals surface area contributed by atoms with Gasteiger partial charge in [-0.3, -0.25) is 0 Å². The molecule has 0 aromatic rings. The van der Waals surface area contributed by atoms with Gasteiger partial charge in [0, 0.05) is 32.3 Å². The zero-order valence-corrected chi connectivity index (χ0v) is 10.0. The maximum atomic E-state index is 5.79. The third kappa shape index (κ3) is 4.93. The van der Waals surface area contributed by atoms with E-state index in [0.29, 0.717) is 18.5 Å². The minimum atomic E-state index is 0.422. The molecule has 2 atom stereocenters. The van der Waals surface area contributed by atoms with Crippen LogP contribution in [0, 0.1) is 5.92 Å². The number of hydrogen-bond acceptors (Lipinski definition) is 4. The van der Waals surface area contributed by atoms with Crippen LogP contribution in [0.15, 0.2) is 0 Å². The predicted octanol–water partition coefficient (Wildman–Crippen LogP) is -0.108. The maximum absolute atomic E-state index is 5.79. The average Bonchev–Trinajstić information content (AvgIpc) is 2.25. The van der Waals surface area contributed by atoms with Gasteiger partial charge in [-0.2, -0.15) is 0 Å². The number of rotatable bonds is 6. The minimum Gasteiger partial charge on any atom is -0.381 e. The Balaban J connectivity index is 2.21. The second-order valence-corrected chi connectivity index (χ2v) is 4.58. The first-order valence-corrected chi connectivity index (χ1v) is 5.90. The lowest BCUT2D eigenvalue weighted by Gasteiger charge is -2.30. The molecule has 0 aliphatic carbocycles. The van der Waals surface area contributed by atoms with Crippen molar-refractivity contribution >= 4 is 0 Å². The van der Waals surface area contributed by atoms with Crippen molar-refractivity contribution in [1.29, 1.82) is 0 Å². The van der Waals surface area contributed by atoms with Gasteiger partial charge in [-0.25, -0.2) is 0 Å². The normalized spacial score (nSPS) is 24.4. The highest BCUT2D eigenvalue weighted by Gasteiger charge is 2.22. The first kappa shape index (κ1) is 12.9. The molecule has 0 aromatic heterocycles. The number of hydrogen-bond donors (Lipinski definition) is 2. The van der Waals surface area contributed by atoms with Crippen molar-refractivity contribution in [3.05, 3.63) is 0 Å². The lowest BCUT2D eigenvalue weighted by atomic mass is 9.94. The Morgan fingerprint density at radius 2 is 2.33 bits per heavy atom. The second-order valence-electron chi connectivity index (χ2n) is 4.58. The van der Waals surface area contributed by atoms with Gasteiger partial charge in [0.1, 0.15) is 0 Å². The fraction of sp³-hybridized carbons (Fsp3) is 1.00. The third-order valence-corrected chi connectivity index (χ3v) is 2.98. The largest absolute Gasteiger partial charge is 0.381 e. The number of nitrogens with two attached hydrogens (primary N) is 1. The molecule has 15 heavy (non-hydrogen) atoms. The first-order valence-electron chi connectivity index (χ1n) is 5.90. The molecule has 1 rings (SSSR count). The molecule has 0 bridgehead atoms. The summed E-state index contributed by atoms with van der Waals surface area (Å²) in [4.78, 5) is 2.18. The van der Waals surface area contributed by atoms with Crippen LogP contribution in [0.2, 0.25) is 0 Å². The van der Waals surface area contributed by atoms with E-state index in [9.17, 15) is 0 Å². The molecular weight excluding hydrogens is 190 g/mol. The molecule has 90 valence electrons. The van der Waals surface area contributed by atoms with Crippen LogP contribution in [-0.2, 0) is 4.74 Å². The van der Waals surface area contributed by atoms with Crippen LogP contribution in [0.25, 0.3) is 0 Å². The standard InChI is InChI=1S/C11H25N3O/c1-14(2)6-5-13-11(8-12)10-4-3-7-15-9-10/h10-11,13H,3-9,12H2,1-2H3. The van der Waals surface area contributed by atoms with E-state index in [1.54, 1.807) is 0 Å². The third-order valence-electron chi connectivity index (χ3n) is 2.98. The highest BCUT2D eigenvalue weighted by molar-refractivity contribution is 4.79. The summed E-state index contributed by atoms with van der Waals surface area (Å²) in [5.41, 5.74) is 5.79. The molecule has 0 spiro atoms. The summed E-state index contributed by atoms with van der Waals surface area (Å²) in [7, 11) is 4.17. The van der Waals surface area contributed by atoms with Crippen molar-refractivity contribution in [3.63, 3.8) is 0 Å². The Morgan fingerprint density at radius 3 is 2.87 bits per heavy atom. The van der Waals surface area contributed by atoms with Gasteiger partial charge in [-0.1, -0.05) is 0 Å². The molecule has 0 saturated carbocycles. The van der Waals surface area contributed by atoms with Crippen LogP contribution in [-0.4, -0.2) is 57.9 Å². The zero-order valence-electron chi connectivity index (χ0n) is 10.0. The van der Waals surface area contributed by atoms with Crippen LogP contribution >= 0.6 is 0 Å². The van der Waals surface area contributed by atoms with E-state index in [1.807, 2.05) is 0 Å². The molecule has 1 saturated heterocycles. The van der Waals surface area contributed by atoms with E-state index in [0.717, 1.165) is 26.3 Å². The molecule has 0 aromatic carbocycles. The van der Waals surface area contributed by atoms with Crippen LogP contribution in [0.4, 0.5) is 0 Å². The Labute approximate surface area is 93.1 Å². The fourth-order valence-electron chi connectivity index (χ4n) is 2.00. The topological polar surface area (TPSA) is 50.5 Å². The molecule has 1 aliphatic rings. The van der Waals surface area contributed by atoms with E-state index in [-0.39, 0.29) is 0 Å². The van der Waals surface area contributed by atoms with Crippen LogP contribution < -0.4 is 11.1 Å². The zero-order chi connectivity index (χ0) is 11.1. The molecular formula is C11H25N3O. The maximum Gasteiger partial charge on any atom is 0.0509 e. The van der Waals surface area contributed by atoms with Crippen molar-refractivity contribution in [2.45, 2.75) is 18.9 Å². The number of nitrogens with one attached hydrogen (secondary N) is 1. The summed E-state index contributed by atoms with van der Waals surface area (Å²) in [6, 6.07) is 0.422. The fourth-order valence-corrected chi connectivity index (χ4v) is 2.00. The van der Waals surface area contributed by atoms with Gasteiger partial charge in [0.2, 0.25) is 0 Å². The summed E-state index contributed by atoms with van der Waals surface area (Å²) in [5, 5.41) is 3.52. The van der Waals surface area contributed by atoms with Gasteiger partial charge in [-0.05, 0) is 32.9 Å². The highest BCUT2D eigenvalue weighted by atomic mass is 16.5. The lowest BCUT2D eigenvalue weighted by Crippen LogP contribution is -2.47. The Kier molecular flexibility index (Phi) is 6.17. The molecule has 4 heteroatoms. The van der Waals surface area contributed by atoms with E-state index >= 15 is 0 Å². The molecule has 1 aliphatic heterocycles. The summed E-state index contributed by atoms with van der Waals surface area (Å²) in [6.07, 6.45) is 2.42. The van der Waals surface area contributed by atoms with E-state index in [4.69, 9.17) is 10.5 Å². The van der Waals surface area contributed by atoms with Gasteiger partial charge in [0.15, 0.2) is 0 Å². The summed E-state index contributed by atoms with van der Waals surface area (Å²) >= 11 is 0. The Bertz CT molecular complexity index is 158.